The van der Waals surface area contributed by atoms with Gasteiger partial charge in [0, 0.05) is 24.6 Å². The first kappa shape index (κ1) is 16.5. The molecule has 7 nitrogen and oxygen atoms in total. The minimum absolute atomic E-state index is 0.160. The molecule has 1 fully saturated rings. The highest BCUT2D eigenvalue weighted by Gasteiger charge is 2.26. The molecule has 0 radical (unpaired) electrons. The molecule has 2 aliphatic rings. The van der Waals surface area contributed by atoms with Crippen molar-refractivity contribution in [1.82, 2.24) is 14.8 Å². The summed E-state index contributed by atoms with van der Waals surface area (Å²) in [5, 5.41) is 12.0. The topological polar surface area (TPSA) is 78.3 Å². The molecule has 0 spiro atoms. The van der Waals surface area contributed by atoms with E-state index < -0.39 is 0 Å². The number of amides is 1. The maximum absolute atomic E-state index is 12.3. The fourth-order valence-corrected chi connectivity index (χ4v) is 3.52. The van der Waals surface area contributed by atoms with Gasteiger partial charge in [-0.1, -0.05) is 23.4 Å². The van der Waals surface area contributed by atoms with Crippen molar-refractivity contribution in [1.29, 1.82) is 0 Å². The third-order valence-electron chi connectivity index (χ3n) is 3.92. The number of hydrogen-bond donors (Lipinski definition) is 1. The predicted molar refractivity (Wildman–Crippen MR) is 94.7 cm³/mol. The van der Waals surface area contributed by atoms with Gasteiger partial charge in [-0.15, -0.1) is 10.2 Å². The standard InChI is InChI=1S/C16H17ClN4O3S/c17-11-6-13-14(24-5-1-4-23-13)7-12(11)19-15(22)8-25-16-20-18-9-21(16)10-2-3-10/h6-7,9-10H,1-5,8H2,(H,19,22). The fraction of sp³-hybridized carbons (Fsp3) is 0.438. The van der Waals surface area contributed by atoms with Crippen LogP contribution in [0, 0.1) is 0 Å². The van der Waals surface area contributed by atoms with E-state index in [1.807, 2.05) is 4.57 Å². The van der Waals surface area contributed by atoms with Crippen LogP contribution in [0.15, 0.2) is 23.6 Å². The van der Waals surface area contributed by atoms with E-state index in [4.69, 9.17) is 21.1 Å². The lowest BCUT2D eigenvalue weighted by atomic mass is 10.2. The number of carbonyl (C=O) groups excluding carboxylic acids is 1. The summed E-state index contributed by atoms with van der Waals surface area (Å²) in [6.07, 6.45) is 4.82. The molecule has 1 amide bonds. The first-order valence-electron chi connectivity index (χ1n) is 8.12. The van der Waals surface area contributed by atoms with E-state index >= 15 is 0 Å². The number of aromatic nitrogens is 3. The van der Waals surface area contributed by atoms with Crippen molar-refractivity contribution in [3.05, 3.63) is 23.5 Å². The van der Waals surface area contributed by atoms with E-state index in [2.05, 4.69) is 15.5 Å². The summed E-state index contributed by atoms with van der Waals surface area (Å²) in [4.78, 5) is 12.3. The Kier molecular flexibility index (Phi) is 4.72. The van der Waals surface area contributed by atoms with Crippen molar-refractivity contribution in [2.24, 2.45) is 0 Å². The minimum atomic E-state index is -0.160. The van der Waals surface area contributed by atoms with Crippen molar-refractivity contribution in [3.63, 3.8) is 0 Å². The molecule has 0 atom stereocenters. The first-order chi connectivity index (χ1) is 12.2. The first-order valence-corrected chi connectivity index (χ1v) is 9.48. The lowest BCUT2D eigenvalue weighted by molar-refractivity contribution is -0.113. The number of halogens is 1. The maximum Gasteiger partial charge on any atom is 0.234 e. The highest BCUT2D eigenvalue weighted by atomic mass is 35.5. The van der Waals surface area contributed by atoms with Crippen molar-refractivity contribution in [3.8, 4) is 11.5 Å². The van der Waals surface area contributed by atoms with E-state index in [9.17, 15) is 4.79 Å². The van der Waals surface area contributed by atoms with Gasteiger partial charge in [0.1, 0.15) is 6.33 Å². The van der Waals surface area contributed by atoms with Gasteiger partial charge in [0.15, 0.2) is 16.7 Å². The van der Waals surface area contributed by atoms with Gasteiger partial charge >= 0.3 is 0 Å². The number of hydrogen-bond acceptors (Lipinski definition) is 6. The summed E-state index contributed by atoms with van der Waals surface area (Å²) in [5.41, 5.74) is 0.514. The van der Waals surface area contributed by atoms with Crippen molar-refractivity contribution < 1.29 is 14.3 Å². The number of benzene rings is 1. The molecule has 1 aromatic carbocycles. The van der Waals surface area contributed by atoms with Gasteiger partial charge in [-0.05, 0) is 12.8 Å². The van der Waals surface area contributed by atoms with E-state index in [-0.39, 0.29) is 11.7 Å². The molecule has 2 aromatic rings. The monoisotopic (exact) mass is 380 g/mol. The average molecular weight is 381 g/mol. The number of anilines is 1. The molecular weight excluding hydrogens is 364 g/mol. The van der Waals surface area contributed by atoms with E-state index in [0.29, 0.717) is 41.5 Å². The van der Waals surface area contributed by atoms with Crippen LogP contribution in [0.1, 0.15) is 25.3 Å². The average Bonchev–Trinajstić information content (AvgIpc) is 3.37. The van der Waals surface area contributed by atoms with Crippen LogP contribution in [0.25, 0.3) is 0 Å². The second kappa shape index (κ2) is 7.13. The van der Waals surface area contributed by atoms with Crippen molar-refractivity contribution >= 4 is 35.0 Å². The third kappa shape index (κ3) is 3.85. The zero-order valence-electron chi connectivity index (χ0n) is 13.4. The Balaban J connectivity index is 1.40. The van der Waals surface area contributed by atoms with Gasteiger partial charge in [-0.2, -0.15) is 0 Å². The van der Waals surface area contributed by atoms with Crippen molar-refractivity contribution in [2.75, 3.05) is 24.3 Å². The molecule has 1 N–H and O–H groups in total. The van der Waals surface area contributed by atoms with Crippen LogP contribution in [0.3, 0.4) is 0 Å². The lowest BCUT2D eigenvalue weighted by Gasteiger charge is -2.12. The van der Waals surface area contributed by atoms with Crippen LogP contribution >= 0.6 is 23.4 Å². The molecule has 9 heteroatoms. The van der Waals surface area contributed by atoms with Crippen LogP contribution in [-0.2, 0) is 4.79 Å². The number of thioether (sulfide) groups is 1. The van der Waals surface area contributed by atoms with Gasteiger partial charge in [0.05, 0.1) is 29.7 Å². The molecule has 0 unspecified atom stereocenters. The molecule has 2 heterocycles. The highest BCUT2D eigenvalue weighted by Crippen LogP contribution is 2.38. The molecule has 1 aliphatic heterocycles. The molecule has 25 heavy (non-hydrogen) atoms. The fourth-order valence-electron chi connectivity index (χ4n) is 2.53. The smallest absolute Gasteiger partial charge is 0.234 e. The van der Waals surface area contributed by atoms with Gasteiger partial charge in [-0.3, -0.25) is 4.79 Å². The summed E-state index contributed by atoms with van der Waals surface area (Å²) in [7, 11) is 0. The number of fused-ring (bicyclic) bond motifs is 1. The number of nitrogens with zero attached hydrogens (tertiary/aromatic N) is 3. The Morgan fingerprint density at radius 3 is 2.84 bits per heavy atom. The Morgan fingerprint density at radius 1 is 1.32 bits per heavy atom. The number of rotatable bonds is 5. The van der Waals surface area contributed by atoms with Gasteiger partial charge in [-0.25, -0.2) is 0 Å². The van der Waals surface area contributed by atoms with Crippen molar-refractivity contribution in [2.45, 2.75) is 30.5 Å². The summed E-state index contributed by atoms with van der Waals surface area (Å²) in [6.45, 7) is 1.17. The highest BCUT2D eigenvalue weighted by molar-refractivity contribution is 7.99. The second-order valence-corrected chi connectivity index (χ2v) is 7.27. The van der Waals surface area contributed by atoms with Gasteiger partial charge in [0.2, 0.25) is 5.91 Å². The van der Waals surface area contributed by atoms with Crippen LogP contribution in [0.2, 0.25) is 5.02 Å². The molecule has 1 aliphatic carbocycles. The quantitative estimate of drug-likeness (QED) is 0.803. The minimum Gasteiger partial charge on any atom is -0.490 e. The predicted octanol–water partition coefficient (Wildman–Crippen LogP) is 3.16. The molecule has 132 valence electrons. The SMILES string of the molecule is O=C(CSc1nncn1C1CC1)Nc1cc2c(cc1Cl)OCCCO2. The summed E-state index contributed by atoms with van der Waals surface area (Å²) < 4.78 is 13.2. The van der Waals surface area contributed by atoms with E-state index in [0.717, 1.165) is 24.4 Å². The van der Waals surface area contributed by atoms with E-state index in [1.165, 1.54) is 11.8 Å². The number of nitrogens with one attached hydrogen (secondary N) is 1. The van der Waals surface area contributed by atoms with E-state index in [1.54, 1.807) is 18.5 Å². The van der Waals surface area contributed by atoms with Gasteiger partial charge < -0.3 is 19.4 Å². The molecule has 1 saturated carbocycles. The van der Waals surface area contributed by atoms with Gasteiger partial charge in [0.25, 0.3) is 0 Å². The Hall–Kier alpha value is -1.93. The summed E-state index contributed by atoms with van der Waals surface area (Å²) >= 11 is 7.62. The van der Waals surface area contributed by atoms with Crippen LogP contribution < -0.4 is 14.8 Å². The molecule has 0 saturated heterocycles. The Labute approximate surface area is 154 Å². The van der Waals surface area contributed by atoms with Crippen LogP contribution in [0.4, 0.5) is 5.69 Å². The largest absolute Gasteiger partial charge is 0.490 e. The van der Waals surface area contributed by atoms with Crippen LogP contribution in [-0.4, -0.2) is 39.6 Å². The Morgan fingerprint density at radius 2 is 2.08 bits per heavy atom. The number of carbonyl (C=O) groups is 1. The maximum atomic E-state index is 12.3. The summed E-state index contributed by atoms with van der Waals surface area (Å²) in [5.74, 6) is 1.27. The lowest BCUT2D eigenvalue weighted by Crippen LogP contribution is -2.15. The molecule has 1 aromatic heterocycles. The Bertz CT molecular complexity index is 794. The zero-order chi connectivity index (χ0) is 17.2. The second-order valence-electron chi connectivity index (χ2n) is 5.92. The molecule has 0 bridgehead atoms. The normalized spacial score (nSPS) is 16.4. The third-order valence-corrected chi connectivity index (χ3v) is 5.19. The number of ether oxygens (including phenoxy) is 2. The summed E-state index contributed by atoms with van der Waals surface area (Å²) in [6, 6.07) is 3.86. The zero-order valence-corrected chi connectivity index (χ0v) is 15.0. The van der Waals surface area contributed by atoms with Crippen LogP contribution in [0.5, 0.6) is 11.5 Å². The molecular formula is C16H17ClN4O3S. The molecule has 4 rings (SSSR count).